The molecule has 48 valence electrons. The number of halogens is 1. The van der Waals surface area contributed by atoms with Crippen molar-refractivity contribution in [2.24, 2.45) is 0 Å². The maximum Gasteiger partial charge on any atom is 0.133 e. The Morgan fingerprint density at radius 2 is 2.50 bits per heavy atom. The molecule has 4 heteroatoms. The minimum atomic E-state index is 0.120. The van der Waals surface area contributed by atoms with E-state index in [0.717, 1.165) is 6.54 Å². The summed E-state index contributed by atoms with van der Waals surface area (Å²) in [7, 11) is 1.68. The summed E-state index contributed by atoms with van der Waals surface area (Å²) < 4.78 is 5.00. The number of rotatable bonds is 1. The minimum absolute atomic E-state index is 0.120. The summed E-state index contributed by atoms with van der Waals surface area (Å²) in [6.07, 6.45) is 0.120. The Bertz CT molecular complexity index is 80.4. The van der Waals surface area contributed by atoms with E-state index in [0.29, 0.717) is 4.83 Å². The van der Waals surface area contributed by atoms with Crippen molar-refractivity contribution in [1.29, 1.82) is 0 Å². The highest BCUT2D eigenvalue weighted by Crippen LogP contribution is 2.07. The fourth-order valence-corrected chi connectivity index (χ4v) is 1.17. The van der Waals surface area contributed by atoms with Crippen LogP contribution in [0.15, 0.2) is 0 Å². The zero-order valence-corrected chi connectivity index (χ0v) is 6.23. The molecule has 2 atom stereocenters. The smallest absolute Gasteiger partial charge is 0.133 e. The van der Waals surface area contributed by atoms with E-state index in [2.05, 4.69) is 26.8 Å². The van der Waals surface area contributed by atoms with Crippen molar-refractivity contribution in [3.8, 4) is 0 Å². The number of alkyl halides is 1. The van der Waals surface area contributed by atoms with Crippen LogP contribution >= 0.6 is 15.9 Å². The first-order chi connectivity index (χ1) is 3.84. The number of methoxy groups -OCH3 is 1. The van der Waals surface area contributed by atoms with Crippen LogP contribution in [0.4, 0.5) is 0 Å². The Hall–Kier alpha value is 0.360. The molecule has 8 heavy (non-hydrogen) atoms. The summed E-state index contributed by atoms with van der Waals surface area (Å²) in [5.41, 5.74) is 5.89. The molecule has 3 nitrogen and oxygen atoms in total. The standard InChI is InChI=1S/C4H9BrN2O/c1-8-4-3(5)2-6-7-4/h3-4,6-7H,2H2,1H3. The van der Waals surface area contributed by atoms with E-state index in [1.807, 2.05) is 0 Å². The molecule has 0 amide bonds. The fourth-order valence-electron chi connectivity index (χ4n) is 0.661. The first kappa shape index (κ1) is 6.48. The summed E-state index contributed by atoms with van der Waals surface area (Å²) in [4.78, 5) is 0.396. The number of ether oxygens (including phenoxy) is 1. The maximum absolute atomic E-state index is 5.00. The van der Waals surface area contributed by atoms with Crippen LogP contribution in [0.25, 0.3) is 0 Å². The lowest BCUT2D eigenvalue weighted by atomic mass is 10.4. The first-order valence-electron chi connectivity index (χ1n) is 2.50. The zero-order chi connectivity index (χ0) is 5.98. The molecule has 2 unspecified atom stereocenters. The van der Waals surface area contributed by atoms with Gasteiger partial charge in [0.05, 0.1) is 4.83 Å². The quantitative estimate of drug-likeness (QED) is 0.551. The minimum Gasteiger partial charge on any atom is -0.364 e. The molecule has 0 aromatic rings. The lowest BCUT2D eigenvalue weighted by Crippen LogP contribution is -2.33. The molecule has 0 aromatic carbocycles. The largest absolute Gasteiger partial charge is 0.364 e. The van der Waals surface area contributed by atoms with E-state index < -0.39 is 0 Å². The highest BCUT2D eigenvalue weighted by molar-refractivity contribution is 9.09. The van der Waals surface area contributed by atoms with Gasteiger partial charge in [-0.15, -0.1) is 0 Å². The summed E-state index contributed by atoms with van der Waals surface area (Å²) in [5, 5.41) is 0. The fraction of sp³-hybridized carbons (Fsp3) is 1.00. The highest BCUT2D eigenvalue weighted by Gasteiger charge is 2.22. The van der Waals surface area contributed by atoms with E-state index >= 15 is 0 Å². The molecule has 2 N–H and O–H groups in total. The molecule has 0 aromatic heterocycles. The summed E-state index contributed by atoms with van der Waals surface area (Å²) >= 11 is 3.41. The Labute approximate surface area is 56.9 Å². The van der Waals surface area contributed by atoms with Gasteiger partial charge in [0.25, 0.3) is 0 Å². The van der Waals surface area contributed by atoms with Crippen molar-refractivity contribution in [2.75, 3.05) is 13.7 Å². The van der Waals surface area contributed by atoms with E-state index in [4.69, 9.17) is 4.74 Å². The normalized spacial score (nSPS) is 38.2. The molecule has 1 aliphatic heterocycles. The van der Waals surface area contributed by atoms with Crippen LogP contribution in [-0.4, -0.2) is 24.7 Å². The predicted molar refractivity (Wildman–Crippen MR) is 34.7 cm³/mol. The van der Waals surface area contributed by atoms with Crippen LogP contribution in [0.2, 0.25) is 0 Å². The molecule has 1 rings (SSSR count). The first-order valence-corrected chi connectivity index (χ1v) is 3.41. The summed E-state index contributed by atoms with van der Waals surface area (Å²) in [5.74, 6) is 0. The van der Waals surface area contributed by atoms with Gasteiger partial charge in [0.15, 0.2) is 0 Å². The van der Waals surface area contributed by atoms with Crippen molar-refractivity contribution in [3.63, 3.8) is 0 Å². The molecular weight excluding hydrogens is 172 g/mol. The molecule has 0 saturated carbocycles. The van der Waals surface area contributed by atoms with E-state index in [1.54, 1.807) is 7.11 Å². The zero-order valence-electron chi connectivity index (χ0n) is 4.65. The second kappa shape index (κ2) is 2.77. The maximum atomic E-state index is 5.00. The molecular formula is C4H9BrN2O. The average Bonchev–Trinajstić information content (AvgIpc) is 2.14. The molecule has 1 saturated heterocycles. The van der Waals surface area contributed by atoms with Crippen LogP contribution in [0.1, 0.15) is 0 Å². The van der Waals surface area contributed by atoms with E-state index in [1.165, 1.54) is 0 Å². The molecule has 1 aliphatic rings. The number of nitrogens with one attached hydrogen (secondary N) is 2. The summed E-state index contributed by atoms with van der Waals surface area (Å²) in [6, 6.07) is 0. The number of hydrogen-bond donors (Lipinski definition) is 2. The molecule has 0 aliphatic carbocycles. The van der Waals surface area contributed by atoms with Gasteiger partial charge in [0.2, 0.25) is 0 Å². The molecule has 0 radical (unpaired) electrons. The third-order valence-electron chi connectivity index (χ3n) is 1.12. The molecule has 1 heterocycles. The number of hydrogen-bond acceptors (Lipinski definition) is 3. The highest BCUT2D eigenvalue weighted by atomic mass is 79.9. The van der Waals surface area contributed by atoms with Gasteiger partial charge in [-0.05, 0) is 0 Å². The van der Waals surface area contributed by atoms with Crippen molar-refractivity contribution in [2.45, 2.75) is 11.1 Å². The topological polar surface area (TPSA) is 33.3 Å². The Kier molecular flexibility index (Phi) is 2.25. The predicted octanol–water partition coefficient (Wildman–Crippen LogP) is -0.170. The van der Waals surface area contributed by atoms with Gasteiger partial charge in [-0.2, -0.15) is 0 Å². The third kappa shape index (κ3) is 1.20. The number of hydrazine groups is 1. The molecule has 1 fully saturated rings. The van der Waals surface area contributed by atoms with Gasteiger partial charge < -0.3 is 4.74 Å². The molecule has 0 bridgehead atoms. The van der Waals surface area contributed by atoms with Crippen LogP contribution in [0.5, 0.6) is 0 Å². The van der Waals surface area contributed by atoms with Crippen LogP contribution in [0, 0.1) is 0 Å². The van der Waals surface area contributed by atoms with Crippen LogP contribution in [0.3, 0.4) is 0 Å². The molecule has 0 spiro atoms. The van der Waals surface area contributed by atoms with Crippen LogP contribution in [-0.2, 0) is 4.74 Å². The van der Waals surface area contributed by atoms with Gasteiger partial charge in [-0.25, -0.2) is 5.43 Å². The summed E-state index contributed by atoms with van der Waals surface area (Å²) in [6.45, 7) is 0.915. The van der Waals surface area contributed by atoms with Gasteiger partial charge in [0.1, 0.15) is 6.23 Å². The lowest BCUT2D eigenvalue weighted by molar-refractivity contribution is 0.0911. The van der Waals surface area contributed by atoms with Crippen LogP contribution < -0.4 is 10.9 Å². The van der Waals surface area contributed by atoms with Crippen molar-refractivity contribution < 1.29 is 4.74 Å². The third-order valence-corrected chi connectivity index (χ3v) is 1.93. The monoisotopic (exact) mass is 180 g/mol. The second-order valence-electron chi connectivity index (χ2n) is 1.70. The second-order valence-corrected chi connectivity index (χ2v) is 2.87. The Morgan fingerprint density at radius 1 is 1.75 bits per heavy atom. The van der Waals surface area contributed by atoms with Gasteiger partial charge >= 0.3 is 0 Å². The van der Waals surface area contributed by atoms with Gasteiger partial charge in [0, 0.05) is 13.7 Å². The SMILES string of the molecule is COC1NNCC1Br. The van der Waals surface area contributed by atoms with Crippen molar-refractivity contribution >= 4 is 15.9 Å². The van der Waals surface area contributed by atoms with Crippen molar-refractivity contribution in [3.05, 3.63) is 0 Å². The van der Waals surface area contributed by atoms with E-state index in [-0.39, 0.29) is 6.23 Å². The lowest BCUT2D eigenvalue weighted by Gasteiger charge is -2.08. The van der Waals surface area contributed by atoms with E-state index in [9.17, 15) is 0 Å². The Balaban J connectivity index is 2.30. The van der Waals surface area contributed by atoms with Gasteiger partial charge in [-0.1, -0.05) is 15.9 Å². The average molecular weight is 181 g/mol. The van der Waals surface area contributed by atoms with Crippen molar-refractivity contribution in [1.82, 2.24) is 10.9 Å². The van der Waals surface area contributed by atoms with Gasteiger partial charge in [-0.3, -0.25) is 5.43 Å². The Morgan fingerprint density at radius 3 is 2.75 bits per heavy atom.